The minimum Gasteiger partial charge on any atom is -0.261 e. The van der Waals surface area contributed by atoms with E-state index in [9.17, 15) is 0 Å². The highest BCUT2D eigenvalue weighted by molar-refractivity contribution is 14.1. The van der Waals surface area contributed by atoms with Gasteiger partial charge in [-0.05, 0) is 19.1 Å². The first-order valence-corrected chi connectivity index (χ1v) is 5.54. The van der Waals surface area contributed by atoms with Crippen LogP contribution in [0.4, 0.5) is 0 Å². The van der Waals surface area contributed by atoms with Crippen LogP contribution in [0.2, 0.25) is 0 Å². The van der Waals surface area contributed by atoms with E-state index in [4.69, 9.17) is 0 Å². The number of hydrogen-bond donors (Lipinski definition) is 1. The molecule has 0 heterocycles. The highest BCUT2D eigenvalue weighted by atomic mass is 127. The summed E-state index contributed by atoms with van der Waals surface area (Å²) in [5.41, 5.74) is 0. The SMILES string of the molecule is CSC(C)CCCNI. The van der Waals surface area contributed by atoms with Crippen molar-refractivity contribution in [3.63, 3.8) is 0 Å². The van der Waals surface area contributed by atoms with Gasteiger partial charge in [0.15, 0.2) is 0 Å². The molecule has 0 fully saturated rings. The fraction of sp³-hybridized carbons (Fsp3) is 1.00. The predicted molar refractivity (Wildman–Crippen MR) is 54.2 cm³/mol. The summed E-state index contributed by atoms with van der Waals surface area (Å²) in [7, 11) is 0. The van der Waals surface area contributed by atoms with Gasteiger partial charge in [0, 0.05) is 34.7 Å². The minimum atomic E-state index is 0.828. The molecule has 0 saturated carbocycles. The van der Waals surface area contributed by atoms with Crippen molar-refractivity contribution in [1.82, 2.24) is 3.53 Å². The molecule has 0 aliphatic rings. The summed E-state index contributed by atoms with van der Waals surface area (Å²) in [5.74, 6) is 0. The van der Waals surface area contributed by atoms with E-state index in [0.717, 1.165) is 11.8 Å². The Bertz CT molecular complexity index is 61.0. The number of nitrogens with one attached hydrogen (secondary N) is 1. The number of thioether (sulfide) groups is 1. The number of halogens is 1. The molecule has 3 heteroatoms. The van der Waals surface area contributed by atoms with Gasteiger partial charge in [-0.2, -0.15) is 11.8 Å². The van der Waals surface area contributed by atoms with Crippen LogP contribution in [0.1, 0.15) is 19.8 Å². The summed E-state index contributed by atoms with van der Waals surface area (Å²) in [6.45, 7) is 3.42. The van der Waals surface area contributed by atoms with Crippen molar-refractivity contribution in [2.24, 2.45) is 0 Å². The Labute approximate surface area is 75.9 Å². The van der Waals surface area contributed by atoms with E-state index < -0.39 is 0 Å². The molecule has 0 bridgehead atoms. The summed E-state index contributed by atoms with van der Waals surface area (Å²) in [4.78, 5) is 0. The van der Waals surface area contributed by atoms with Crippen LogP contribution < -0.4 is 3.53 Å². The Morgan fingerprint density at radius 2 is 2.33 bits per heavy atom. The predicted octanol–water partition coefficient (Wildman–Crippen LogP) is 2.46. The average molecular weight is 259 g/mol. The molecule has 1 unspecified atom stereocenters. The molecule has 9 heavy (non-hydrogen) atoms. The zero-order valence-corrected chi connectivity index (χ0v) is 8.96. The molecule has 1 atom stereocenters. The summed E-state index contributed by atoms with van der Waals surface area (Å²) in [6, 6.07) is 0. The van der Waals surface area contributed by atoms with Crippen molar-refractivity contribution in [3.8, 4) is 0 Å². The van der Waals surface area contributed by atoms with Gasteiger partial charge in [-0.25, -0.2) is 0 Å². The van der Waals surface area contributed by atoms with Gasteiger partial charge in [0.2, 0.25) is 0 Å². The van der Waals surface area contributed by atoms with Gasteiger partial charge < -0.3 is 0 Å². The summed E-state index contributed by atoms with van der Waals surface area (Å²) < 4.78 is 3.11. The molecule has 0 aliphatic carbocycles. The maximum absolute atomic E-state index is 3.11. The fourth-order valence-electron chi connectivity index (χ4n) is 0.574. The van der Waals surface area contributed by atoms with Gasteiger partial charge in [0.05, 0.1) is 0 Å². The monoisotopic (exact) mass is 259 g/mol. The van der Waals surface area contributed by atoms with Crippen LogP contribution in [-0.2, 0) is 0 Å². The average Bonchev–Trinajstić information content (AvgIpc) is 1.89. The molecule has 0 saturated heterocycles. The van der Waals surface area contributed by atoms with E-state index in [-0.39, 0.29) is 0 Å². The second-order valence-electron chi connectivity index (χ2n) is 2.07. The number of hydrogen-bond acceptors (Lipinski definition) is 2. The summed E-state index contributed by atoms with van der Waals surface area (Å²) in [5, 5.41) is 0.828. The van der Waals surface area contributed by atoms with Gasteiger partial charge >= 0.3 is 0 Å². The van der Waals surface area contributed by atoms with E-state index in [1.54, 1.807) is 0 Å². The molecule has 0 rings (SSSR count). The van der Waals surface area contributed by atoms with Crippen LogP contribution >= 0.6 is 34.6 Å². The highest BCUT2D eigenvalue weighted by Gasteiger charge is 1.96. The molecule has 0 aliphatic heterocycles. The van der Waals surface area contributed by atoms with Crippen molar-refractivity contribution in [3.05, 3.63) is 0 Å². The maximum atomic E-state index is 3.11. The Morgan fingerprint density at radius 3 is 2.78 bits per heavy atom. The molecule has 0 amide bonds. The molecule has 1 nitrogen and oxygen atoms in total. The standard InChI is InChI=1S/C6H14INS/c1-6(9-2)4-3-5-8-7/h6,8H,3-5H2,1-2H3. The first-order valence-electron chi connectivity index (χ1n) is 3.17. The van der Waals surface area contributed by atoms with Crippen molar-refractivity contribution >= 4 is 34.6 Å². The lowest BCUT2D eigenvalue weighted by Crippen LogP contribution is -2.03. The Balaban J connectivity index is 2.88. The zero-order chi connectivity index (χ0) is 7.11. The lowest BCUT2D eigenvalue weighted by Gasteiger charge is -2.05. The van der Waals surface area contributed by atoms with Crippen molar-refractivity contribution in [1.29, 1.82) is 0 Å². The van der Waals surface area contributed by atoms with Crippen LogP contribution in [0.3, 0.4) is 0 Å². The molecule has 1 N–H and O–H groups in total. The Morgan fingerprint density at radius 1 is 1.67 bits per heavy atom. The van der Waals surface area contributed by atoms with Gasteiger partial charge in [0.25, 0.3) is 0 Å². The van der Waals surface area contributed by atoms with E-state index in [0.29, 0.717) is 0 Å². The van der Waals surface area contributed by atoms with Gasteiger partial charge in [-0.3, -0.25) is 3.53 Å². The lowest BCUT2D eigenvalue weighted by molar-refractivity contribution is 0.728. The molecule has 0 aromatic carbocycles. The molecule has 0 aromatic rings. The molecular weight excluding hydrogens is 245 g/mol. The minimum absolute atomic E-state index is 0.828. The highest BCUT2D eigenvalue weighted by Crippen LogP contribution is 2.10. The van der Waals surface area contributed by atoms with Crippen molar-refractivity contribution in [2.45, 2.75) is 25.0 Å². The van der Waals surface area contributed by atoms with Crippen LogP contribution in [0.15, 0.2) is 0 Å². The third-order valence-corrected chi connectivity index (χ3v) is 2.86. The van der Waals surface area contributed by atoms with Crippen molar-refractivity contribution in [2.75, 3.05) is 12.8 Å². The molecule has 0 aromatic heterocycles. The first kappa shape index (κ1) is 10.0. The van der Waals surface area contributed by atoms with E-state index >= 15 is 0 Å². The molecule has 0 radical (unpaired) electrons. The summed E-state index contributed by atoms with van der Waals surface area (Å²) in [6.07, 6.45) is 4.80. The van der Waals surface area contributed by atoms with Crippen LogP contribution in [0.25, 0.3) is 0 Å². The second kappa shape index (κ2) is 7.15. The van der Waals surface area contributed by atoms with Crippen LogP contribution in [0.5, 0.6) is 0 Å². The lowest BCUT2D eigenvalue weighted by atomic mass is 10.2. The van der Waals surface area contributed by atoms with Gasteiger partial charge in [0.1, 0.15) is 0 Å². The maximum Gasteiger partial charge on any atom is 0.0169 e. The topological polar surface area (TPSA) is 12.0 Å². The second-order valence-corrected chi connectivity index (χ2v) is 4.11. The van der Waals surface area contributed by atoms with E-state index in [1.807, 2.05) is 11.8 Å². The van der Waals surface area contributed by atoms with Gasteiger partial charge in [-0.1, -0.05) is 6.92 Å². The van der Waals surface area contributed by atoms with Crippen molar-refractivity contribution < 1.29 is 0 Å². The number of rotatable bonds is 5. The Kier molecular flexibility index (Phi) is 7.98. The normalized spacial score (nSPS) is 13.7. The Hall–Kier alpha value is 1.04. The van der Waals surface area contributed by atoms with Gasteiger partial charge in [-0.15, -0.1) is 0 Å². The largest absolute Gasteiger partial charge is 0.261 e. The zero-order valence-electron chi connectivity index (χ0n) is 5.98. The van der Waals surface area contributed by atoms with E-state index in [1.165, 1.54) is 12.8 Å². The van der Waals surface area contributed by atoms with Crippen LogP contribution in [0, 0.1) is 0 Å². The third kappa shape index (κ3) is 6.93. The smallest absolute Gasteiger partial charge is 0.0169 e. The molecule has 0 spiro atoms. The first-order chi connectivity index (χ1) is 4.31. The quantitative estimate of drug-likeness (QED) is 0.462. The summed E-state index contributed by atoms with van der Waals surface area (Å²) >= 11 is 4.13. The van der Waals surface area contributed by atoms with E-state index in [2.05, 4.69) is 39.6 Å². The third-order valence-electron chi connectivity index (χ3n) is 1.28. The fourth-order valence-corrected chi connectivity index (χ4v) is 1.36. The molecular formula is C6H14INS. The van der Waals surface area contributed by atoms with Crippen LogP contribution in [-0.4, -0.2) is 18.1 Å². The molecule has 56 valence electrons.